The van der Waals surface area contributed by atoms with Gasteiger partial charge in [0.15, 0.2) is 0 Å². The second kappa shape index (κ2) is 6.58. The molecule has 0 aliphatic heterocycles. The first-order valence-corrected chi connectivity index (χ1v) is 6.57. The van der Waals surface area contributed by atoms with E-state index < -0.39 is 0 Å². The molecule has 3 nitrogen and oxygen atoms in total. The highest BCUT2D eigenvalue weighted by atomic mass is 16.5. The number of aliphatic hydroxyl groups excluding tert-OH is 1. The Kier molecular flexibility index (Phi) is 5.73. The fraction of sp³-hybridized carbons (Fsp3) is 1.00. The van der Waals surface area contributed by atoms with Crippen LogP contribution in [0.1, 0.15) is 46.0 Å². The lowest BCUT2D eigenvalue weighted by Gasteiger charge is -2.40. The van der Waals surface area contributed by atoms with E-state index in [1.807, 2.05) is 0 Å². The van der Waals surface area contributed by atoms with Crippen LogP contribution in [-0.2, 0) is 4.74 Å². The van der Waals surface area contributed by atoms with Gasteiger partial charge in [0.2, 0.25) is 0 Å². The molecule has 16 heavy (non-hydrogen) atoms. The van der Waals surface area contributed by atoms with Crippen molar-refractivity contribution in [3.05, 3.63) is 0 Å². The summed E-state index contributed by atoms with van der Waals surface area (Å²) in [6, 6.07) is 0. The quantitative estimate of drug-likeness (QED) is 0.731. The molecule has 2 unspecified atom stereocenters. The van der Waals surface area contributed by atoms with E-state index in [-0.39, 0.29) is 12.2 Å². The zero-order valence-electron chi connectivity index (χ0n) is 10.7. The normalized spacial score (nSPS) is 30.9. The molecule has 96 valence electrons. The molecule has 3 heteroatoms. The van der Waals surface area contributed by atoms with E-state index in [0.717, 1.165) is 24.7 Å². The molecule has 1 aliphatic carbocycles. The number of rotatable bonds is 6. The van der Waals surface area contributed by atoms with Crippen LogP contribution in [0.25, 0.3) is 0 Å². The zero-order chi connectivity index (χ0) is 12.0. The molecular formula is C13H27NO2. The van der Waals surface area contributed by atoms with Crippen molar-refractivity contribution in [1.82, 2.24) is 0 Å². The van der Waals surface area contributed by atoms with E-state index >= 15 is 0 Å². The smallest absolute Gasteiger partial charge is 0.0807 e. The van der Waals surface area contributed by atoms with E-state index in [9.17, 15) is 0 Å². The van der Waals surface area contributed by atoms with Crippen LogP contribution in [0.3, 0.4) is 0 Å². The lowest BCUT2D eigenvalue weighted by Crippen LogP contribution is -2.45. The summed E-state index contributed by atoms with van der Waals surface area (Å²) in [6.07, 6.45) is 5.91. The molecule has 0 radical (unpaired) electrons. The molecule has 1 rings (SSSR count). The highest BCUT2D eigenvalue weighted by Gasteiger charge is 2.36. The van der Waals surface area contributed by atoms with Crippen molar-refractivity contribution < 1.29 is 9.84 Å². The average molecular weight is 229 g/mol. The summed E-state index contributed by atoms with van der Waals surface area (Å²) in [5, 5.41) is 8.85. The largest absolute Gasteiger partial charge is 0.394 e. The Bertz CT molecular complexity index is 196. The molecule has 2 atom stereocenters. The molecule has 0 heterocycles. The third-order valence-corrected chi connectivity index (χ3v) is 3.58. The van der Waals surface area contributed by atoms with Crippen molar-refractivity contribution in [2.45, 2.75) is 51.6 Å². The van der Waals surface area contributed by atoms with Gasteiger partial charge < -0.3 is 15.6 Å². The zero-order valence-corrected chi connectivity index (χ0v) is 10.7. The van der Waals surface area contributed by atoms with Gasteiger partial charge in [0.05, 0.1) is 18.8 Å². The molecule has 0 spiro atoms. The summed E-state index contributed by atoms with van der Waals surface area (Å²) in [4.78, 5) is 0. The van der Waals surface area contributed by atoms with Crippen molar-refractivity contribution in [1.29, 1.82) is 0 Å². The van der Waals surface area contributed by atoms with Crippen LogP contribution >= 0.6 is 0 Å². The lowest BCUT2D eigenvalue weighted by molar-refractivity contribution is -0.0872. The van der Waals surface area contributed by atoms with Gasteiger partial charge in [-0.2, -0.15) is 0 Å². The van der Waals surface area contributed by atoms with Gasteiger partial charge in [-0.3, -0.25) is 0 Å². The van der Waals surface area contributed by atoms with Crippen LogP contribution in [0, 0.1) is 11.8 Å². The minimum atomic E-state index is -0.152. The molecule has 0 aromatic carbocycles. The van der Waals surface area contributed by atoms with Crippen LogP contribution < -0.4 is 5.73 Å². The second-order valence-corrected chi connectivity index (χ2v) is 5.55. The maximum atomic E-state index is 8.85. The fourth-order valence-corrected chi connectivity index (χ4v) is 2.95. The molecule has 0 aromatic rings. The van der Waals surface area contributed by atoms with Crippen molar-refractivity contribution in [3.63, 3.8) is 0 Å². The number of ether oxygens (including phenoxy) is 1. The van der Waals surface area contributed by atoms with Gasteiger partial charge in [-0.15, -0.1) is 0 Å². The summed E-state index contributed by atoms with van der Waals surface area (Å²) in [6.45, 7) is 5.64. The summed E-state index contributed by atoms with van der Waals surface area (Å²) in [5.74, 6) is 1.49. The standard InChI is InChI=1S/C13H27NO2/c1-11(2)8-12-4-3-5-13(9-12,10-14)16-7-6-15/h11-12,15H,3-10,14H2,1-2H3. The Morgan fingerprint density at radius 1 is 1.50 bits per heavy atom. The minimum absolute atomic E-state index is 0.0938. The Morgan fingerprint density at radius 3 is 2.81 bits per heavy atom. The number of hydrogen-bond donors (Lipinski definition) is 2. The highest BCUT2D eigenvalue weighted by Crippen LogP contribution is 2.37. The van der Waals surface area contributed by atoms with E-state index in [0.29, 0.717) is 13.2 Å². The van der Waals surface area contributed by atoms with Crippen LogP contribution in [0.15, 0.2) is 0 Å². The third kappa shape index (κ3) is 4.04. The van der Waals surface area contributed by atoms with Crippen molar-refractivity contribution in [3.8, 4) is 0 Å². The van der Waals surface area contributed by atoms with E-state index in [4.69, 9.17) is 15.6 Å². The first-order valence-electron chi connectivity index (χ1n) is 6.57. The van der Waals surface area contributed by atoms with E-state index in [1.165, 1.54) is 19.3 Å². The summed E-state index contributed by atoms with van der Waals surface area (Å²) in [7, 11) is 0. The van der Waals surface area contributed by atoms with Gasteiger partial charge in [-0.05, 0) is 31.1 Å². The first-order chi connectivity index (χ1) is 7.62. The maximum absolute atomic E-state index is 8.85. The lowest BCUT2D eigenvalue weighted by atomic mass is 9.75. The number of nitrogens with two attached hydrogens (primary N) is 1. The van der Waals surface area contributed by atoms with Gasteiger partial charge in [0.1, 0.15) is 0 Å². The van der Waals surface area contributed by atoms with Crippen LogP contribution in [0.4, 0.5) is 0 Å². The summed E-state index contributed by atoms with van der Waals surface area (Å²) >= 11 is 0. The first kappa shape index (κ1) is 13.9. The van der Waals surface area contributed by atoms with E-state index in [2.05, 4.69) is 13.8 Å². The van der Waals surface area contributed by atoms with Crippen LogP contribution in [0.5, 0.6) is 0 Å². The Labute approximate surface area is 99.4 Å². The van der Waals surface area contributed by atoms with Gasteiger partial charge in [0.25, 0.3) is 0 Å². The summed E-state index contributed by atoms with van der Waals surface area (Å²) < 4.78 is 5.81. The predicted octanol–water partition coefficient (Wildman–Crippen LogP) is 1.93. The Morgan fingerprint density at radius 2 is 2.25 bits per heavy atom. The summed E-state index contributed by atoms with van der Waals surface area (Å²) in [5.41, 5.74) is 5.71. The Hall–Kier alpha value is -0.120. The number of hydrogen-bond acceptors (Lipinski definition) is 3. The predicted molar refractivity (Wildman–Crippen MR) is 66.2 cm³/mol. The minimum Gasteiger partial charge on any atom is -0.394 e. The van der Waals surface area contributed by atoms with Gasteiger partial charge in [0, 0.05) is 6.54 Å². The monoisotopic (exact) mass is 229 g/mol. The molecule has 0 amide bonds. The average Bonchev–Trinajstić information content (AvgIpc) is 2.26. The molecule has 0 aromatic heterocycles. The van der Waals surface area contributed by atoms with Crippen molar-refractivity contribution >= 4 is 0 Å². The molecule has 1 saturated carbocycles. The second-order valence-electron chi connectivity index (χ2n) is 5.55. The van der Waals surface area contributed by atoms with Crippen LogP contribution in [0.2, 0.25) is 0 Å². The number of aliphatic hydroxyl groups is 1. The van der Waals surface area contributed by atoms with Gasteiger partial charge in [-0.1, -0.05) is 26.7 Å². The fourth-order valence-electron chi connectivity index (χ4n) is 2.95. The molecule has 1 aliphatic rings. The molecule has 0 bridgehead atoms. The van der Waals surface area contributed by atoms with Crippen molar-refractivity contribution in [2.24, 2.45) is 17.6 Å². The molecular weight excluding hydrogens is 202 g/mol. The molecule has 0 saturated heterocycles. The van der Waals surface area contributed by atoms with Gasteiger partial charge >= 0.3 is 0 Å². The molecule has 3 N–H and O–H groups in total. The maximum Gasteiger partial charge on any atom is 0.0807 e. The van der Waals surface area contributed by atoms with Crippen molar-refractivity contribution in [2.75, 3.05) is 19.8 Å². The van der Waals surface area contributed by atoms with E-state index in [1.54, 1.807) is 0 Å². The third-order valence-electron chi connectivity index (χ3n) is 3.58. The Balaban J connectivity index is 2.50. The topological polar surface area (TPSA) is 55.5 Å². The van der Waals surface area contributed by atoms with Gasteiger partial charge in [-0.25, -0.2) is 0 Å². The molecule has 1 fully saturated rings. The van der Waals surface area contributed by atoms with Crippen LogP contribution in [-0.4, -0.2) is 30.5 Å². The highest BCUT2D eigenvalue weighted by molar-refractivity contribution is 4.89. The SMILES string of the molecule is CC(C)CC1CCCC(CN)(OCCO)C1.